The van der Waals surface area contributed by atoms with E-state index in [4.69, 9.17) is 4.74 Å². The standard InChI is InChI=1S/C64H119NO5/c1-3-5-7-9-11-13-15-17-18-19-23-27-30-34-38-42-46-50-54-58-64(69)70-59-55-51-47-43-39-35-31-28-25-22-20-21-24-26-29-33-37-41-45-49-53-57-63(68)65-61(60-66)62(67)56-52-48-44-40-36-32-16-14-12-10-8-6-4-2/h17-18,35,39,47,51-52,56,61-62,66-67H,3-16,19-34,36-38,40-46,48-50,53-55,57-60H2,1-2H3,(H,65,68)/b18-17-,39-35-,51-47-,56-52+. The lowest BCUT2D eigenvalue weighted by molar-refractivity contribution is -0.143. The molecule has 6 nitrogen and oxygen atoms in total. The van der Waals surface area contributed by atoms with Gasteiger partial charge in [0.05, 0.1) is 25.4 Å². The molecule has 0 spiro atoms. The molecule has 70 heavy (non-hydrogen) atoms. The Morgan fingerprint density at radius 1 is 0.400 bits per heavy atom. The van der Waals surface area contributed by atoms with Crippen molar-refractivity contribution in [1.82, 2.24) is 5.32 Å². The zero-order valence-corrected chi connectivity index (χ0v) is 46.7. The molecule has 2 unspecified atom stereocenters. The summed E-state index contributed by atoms with van der Waals surface area (Å²) in [6.45, 7) is 4.79. The van der Waals surface area contributed by atoms with Gasteiger partial charge in [-0.15, -0.1) is 0 Å². The van der Waals surface area contributed by atoms with E-state index in [9.17, 15) is 19.8 Å². The highest BCUT2D eigenvalue weighted by molar-refractivity contribution is 5.76. The molecule has 0 aromatic rings. The number of rotatable bonds is 57. The van der Waals surface area contributed by atoms with Crippen molar-refractivity contribution < 1.29 is 24.5 Å². The predicted octanol–water partition coefficient (Wildman–Crippen LogP) is 19.4. The molecule has 0 rings (SSSR count). The van der Waals surface area contributed by atoms with Crippen LogP contribution < -0.4 is 5.32 Å². The molecule has 1 amide bonds. The smallest absolute Gasteiger partial charge is 0.305 e. The fraction of sp³-hybridized carbons (Fsp3) is 0.844. The Balaban J connectivity index is 3.46. The minimum atomic E-state index is -0.848. The van der Waals surface area contributed by atoms with Gasteiger partial charge in [-0.05, 0) is 77.0 Å². The Kier molecular flexibility index (Phi) is 57.5. The minimum Gasteiger partial charge on any atom is -0.465 e. The highest BCUT2D eigenvalue weighted by Crippen LogP contribution is 2.17. The van der Waals surface area contributed by atoms with Crippen LogP contribution in [0.4, 0.5) is 0 Å². The van der Waals surface area contributed by atoms with Crippen molar-refractivity contribution in [3.63, 3.8) is 0 Å². The van der Waals surface area contributed by atoms with Gasteiger partial charge in [-0.2, -0.15) is 0 Å². The Bertz CT molecular complexity index is 1180. The molecule has 0 saturated carbocycles. The molecule has 0 fully saturated rings. The average Bonchev–Trinajstić information content (AvgIpc) is 3.36. The Hall–Kier alpha value is -2.18. The molecule has 0 aliphatic heterocycles. The van der Waals surface area contributed by atoms with E-state index < -0.39 is 12.1 Å². The number of nitrogens with one attached hydrogen (secondary N) is 1. The van der Waals surface area contributed by atoms with E-state index in [1.807, 2.05) is 6.08 Å². The van der Waals surface area contributed by atoms with Gasteiger partial charge in [0.25, 0.3) is 0 Å². The fourth-order valence-electron chi connectivity index (χ4n) is 9.35. The molecule has 0 aromatic heterocycles. The van der Waals surface area contributed by atoms with Crippen LogP contribution in [0.5, 0.6) is 0 Å². The number of carbonyl (C=O) groups is 2. The number of allylic oxidation sites excluding steroid dienone is 6. The maximum Gasteiger partial charge on any atom is 0.305 e. The number of amides is 1. The molecule has 0 saturated heterocycles. The van der Waals surface area contributed by atoms with Gasteiger partial charge in [-0.1, -0.05) is 281 Å². The summed E-state index contributed by atoms with van der Waals surface area (Å²) in [5, 5.41) is 23.1. The maximum absolute atomic E-state index is 12.4. The summed E-state index contributed by atoms with van der Waals surface area (Å²) in [6.07, 6.45) is 75.9. The number of unbranched alkanes of at least 4 members (excludes halogenated alkanes) is 40. The van der Waals surface area contributed by atoms with Crippen molar-refractivity contribution in [2.75, 3.05) is 13.2 Å². The molecule has 3 N–H and O–H groups in total. The lowest BCUT2D eigenvalue weighted by Crippen LogP contribution is -2.45. The third-order valence-electron chi connectivity index (χ3n) is 14.1. The van der Waals surface area contributed by atoms with Gasteiger partial charge < -0.3 is 20.3 Å². The summed E-state index contributed by atoms with van der Waals surface area (Å²) in [5.41, 5.74) is 0. The Labute approximate surface area is 436 Å². The van der Waals surface area contributed by atoms with E-state index in [0.29, 0.717) is 19.4 Å². The van der Waals surface area contributed by atoms with Crippen LogP contribution in [0.3, 0.4) is 0 Å². The van der Waals surface area contributed by atoms with Gasteiger partial charge in [0.2, 0.25) is 5.91 Å². The second kappa shape index (κ2) is 59.4. The first-order valence-corrected chi connectivity index (χ1v) is 30.9. The third kappa shape index (κ3) is 55.1. The summed E-state index contributed by atoms with van der Waals surface area (Å²) < 4.78 is 5.43. The summed E-state index contributed by atoms with van der Waals surface area (Å²) in [5.74, 6) is -0.110. The van der Waals surface area contributed by atoms with E-state index in [2.05, 4.69) is 55.6 Å². The highest BCUT2D eigenvalue weighted by Gasteiger charge is 2.18. The van der Waals surface area contributed by atoms with Crippen molar-refractivity contribution in [2.45, 2.75) is 334 Å². The van der Waals surface area contributed by atoms with E-state index in [1.54, 1.807) is 6.08 Å². The molecule has 2 atom stereocenters. The monoisotopic (exact) mass is 982 g/mol. The normalized spacial score (nSPS) is 12.9. The zero-order valence-electron chi connectivity index (χ0n) is 46.7. The summed E-state index contributed by atoms with van der Waals surface area (Å²) in [6, 6.07) is -0.632. The fourth-order valence-corrected chi connectivity index (χ4v) is 9.35. The van der Waals surface area contributed by atoms with Gasteiger partial charge in [-0.3, -0.25) is 9.59 Å². The molecule has 0 heterocycles. The number of aliphatic hydroxyl groups excluding tert-OH is 2. The van der Waals surface area contributed by atoms with Gasteiger partial charge in [0, 0.05) is 12.8 Å². The molecule has 0 aliphatic rings. The first-order valence-electron chi connectivity index (χ1n) is 30.9. The van der Waals surface area contributed by atoms with Crippen LogP contribution in [0.1, 0.15) is 322 Å². The molecular formula is C64H119NO5. The summed E-state index contributed by atoms with van der Waals surface area (Å²) in [4.78, 5) is 24.5. The third-order valence-corrected chi connectivity index (χ3v) is 14.1. The van der Waals surface area contributed by atoms with Crippen molar-refractivity contribution >= 4 is 11.9 Å². The first kappa shape index (κ1) is 67.8. The van der Waals surface area contributed by atoms with E-state index >= 15 is 0 Å². The van der Waals surface area contributed by atoms with E-state index in [1.165, 1.54) is 244 Å². The largest absolute Gasteiger partial charge is 0.465 e. The van der Waals surface area contributed by atoms with Crippen LogP contribution in [0, 0.1) is 0 Å². The molecule has 410 valence electrons. The summed E-state index contributed by atoms with van der Waals surface area (Å²) >= 11 is 0. The van der Waals surface area contributed by atoms with Crippen LogP contribution in [-0.2, 0) is 14.3 Å². The number of hydrogen-bond donors (Lipinski definition) is 3. The highest BCUT2D eigenvalue weighted by atomic mass is 16.5. The minimum absolute atomic E-state index is 0.0365. The van der Waals surface area contributed by atoms with Crippen LogP contribution >= 0.6 is 0 Å². The molecular weight excluding hydrogens is 863 g/mol. The van der Waals surface area contributed by atoms with Gasteiger partial charge in [0.1, 0.15) is 0 Å². The van der Waals surface area contributed by atoms with E-state index in [-0.39, 0.29) is 18.5 Å². The van der Waals surface area contributed by atoms with Gasteiger partial charge >= 0.3 is 5.97 Å². The van der Waals surface area contributed by atoms with Crippen LogP contribution in [-0.4, -0.2) is 47.4 Å². The van der Waals surface area contributed by atoms with Crippen LogP contribution in [0.2, 0.25) is 0 Å². The van der Waals surface area contributed by atoms with Crippen LogP contribution in [0.25, 0.3) is 0 Å². The number of esters is 1. The van der Waals surface area contributed by atoms with Gasteiger partial charge in [0.15, 0.2) is 0 Å². The number of aliphatic hydroxyl groups is 2. The van der Waals surface area contributed by atoms with Crippen molar-refractivity contribution in [2.24, 2.45) is 0 Å². The molecule has 0 radical (unpaired) electrons. The number of ether oxygens (including phenoxy) is 1. The van der Waals surface area contributed by atoms with Crippen LogP contribution in [0.15, 0.2) is 48.6 Å². The lowest BCUT2D eigenvalue weighted by atomic mass is 10.0. The second-order valence-corrected chi connectivity index (χ2v) is 21.0. The number of hydrogen-bond acceptors (Lipinski definition) is 5. The number of carbonyl (C=O) groups excluding carboxylic acids is 2. The van der Waals surface area contributed by atoms with Gasteiger partial charge in [-0.25, -0.2) is 0 Å². The Morgan fingerprint density at radius 2 is 0.714 bits per heavy atom. The summed E-state index contributed by atoms with van der Waals surface area (Å²) in [7, 11) is 0. The SMILES string of the molecule is CCCCCCCC/C=C\CCCCCCCCCCCC(=O)OCC/C=C\C/C=C\CCCCCCCCCCCCCCCCC(=O)NC(CO)C(O)/C=C/CCCCCCCCCCCCC. The topological polar surface area (TPSA) is 95.9 Å². The average molecular weight is 983 g/mol. The second-order valence-electron chi connectivity index (χ2n) is 21.0. The molecule has 6 heteroatoms. The van der Waals surface area contributed by atoms with Crippen molar-refractivity contribution in [3.05, 3.63) is 48.6 Å². The molecule has 0 aromatic carbocycles. The Morgan fingerprint density at radius 3 is 1.10 bits per heavy atom. The first-order chi connectivity index (χ1) is 34.5. The predicted molar refractivity (Wildman–Crippen MR) is 306 cm³/mol. The quantitative estimate of drug-likeness (QED) is 0.0321. The molecule has 0 aliphatic carbocycles. The van der Waals surface area contributed by atoms with Crippen molar-refractivity contribution in [1.29, 1.82) is 0 Å². The maximum atomic E-state index is 12.4. The van der Waals surface area contributed by atoms with Crippen molar-refractivity contribution in [3.8, 4) is 0 Å². The molecule has 0 bridgehead atoms. The zero-order chi connectivity index (χ0) is 50.7. The van der Waals surface area contributed by atoms with E-state index in [0.717, 1.165) is 51.4 Å². The lowest BCUT2D eigenvalue weighted by Gasteiger charge is -2.20.